The monoisotopic (exact) mass is 309 g/mol. The zero-order valence-corrected chi connectivity index (χ0v) is 12.8. The maximum atomic E-state index is 11.6. The average molecular weight is 309 g/mol. The molecule has 0 aliphatic heterocycles. The van der Waals surface area contributed by atoms with E-state index in [0.29, 0.717) is 22.8 Å². The Hall–Kier alpha value is -3.08. The van der Waals surface area contributed by atoms with Crippen LogP contribution in [0.3, 0.4) is 0 Å². The molecule has 0 bridgehead atoms. The van der Waals surface area contributed by atoms with Gasteiger partial charge >= 0.3 is 5.97 Å². The summed E-state index contributed by atoms with van der Waals surface area (Å²) in [6, 6.07) is 14.5. The number of aromatic nitrogens is 1. The van der Waals surface area contributed by atoms with Crippen molar-refractivity contribution in [2.75, 3.05) is 14.2 Å². The van der Waals surface area contributed by atoms with E-state index in [9.17, 15) is 4.79 Å². The maximum Gasteiger partial charge on any atom is 0.337 e. The number of hydrogen-bond donors (Lipinski definition) is 0. The number of benzene rings is 2. The third-order valence-electron chi connectivity index (χ3n) is 3.41. The lowest BCUT2D eigenvalue weighted by molar-refractivity contribution is 0.0601. The first-order chi connectivity index (χ1) is 11.2. The van der Waals surface area contributed by atoms with E-state index < -0.39 is 5.97 Å². The van der Waals surface area contributed by atoms with Crippen LogP contribution in [-0.2, 0) is 4.74 Å². The zero-order valence-electron chi connectivity index (χ0n) is 12.8. The SMILES string of the molecule is COC(=O)c1cccc(-c2ncc(-c3ccc(OC)cc3)o2)c1. The molecule has 0 aliphatic carbocycles. The van der Waals surface area contributed by atoms with Crippen molar-refractivity contribution in [2.45, 2.75) is 0 Å². The minimum absolute atomic E-state index is 0.395. The molecule has 2 aromatic carbocycles. The molecule has 5 heteroatoms. The van der Waals surface area contributed by atoms with Crippen molar-refractivity contribution < 1.29 is 18.7 Å². The van der Waals surface area contributed by atoms with Crippen molar-refractivity contribution in [1.29, 1.82) is 0 Å². The van der Waals surface area contributed by atoms with Crippen molar-refractivity contribution in [3.05, 3.63) is 60.3 Å². The van der Waals surface area contributed by atoms with Crippen LogP contribution in [0.5, 0.6) is 5.75 Å². The van der Waals surface area contributed by atoms with Crippen LogP contribution < -0.4 is 4.74 Å². The van der Waals surface area contributed by atoms with Gasteiger partial charge in [0.25, 0.3) is 0 Å². The predicted octanol–water partition coefficient (Wildman–Crippen LogP) is 3.80. The minimum atomic E-state index is -0.395. The molecule has 0 fully saturated rings. The number of oxazole rings is 1. The first-order valence-electron chi connectivity index (χ1n) is 7.00. The fraction of sp³-hybridized carbons (Fsp3) is 0.111. The molecule has 0 saturated carbocycles. The van der Waals surface area contributed by atoms with Crippen molar-refractivity contribution in [3.63, 3.8) is 0 Å². The van der Waals surface area contributed by atoms with E-state index >= 15 is 0 Å². The van der Waals surface area contributed by atoms with Gasteiger partial charge in [-0.25, -0.2) is 9.78 Å². The van der Waals surface area contributed by atoms with Crippen molar-refractivity contribution >= 4 is 5.97 Å². The second-order valence-corrected chi connectivity index (χ2v) is 4.83. The van der Waals surface area contributed by atoms with Gasteiger partial charge in [-0.1, -0.05) is 6.07 Å². The van der Waals surface area contributed by atoms with Crippen LogP contribution in [0.25, 0.3) is 22.8 Å². The van der Waals surface area contributed by atoms with Crippen LogP contribution in [0.2, 0.25) is 0 Å². The highest BCUT2D eigenvalue weighted by Gasteiger charge is 2.11. The summed E-state index contributed by atoms with van der Waals surface area (Å²) in [4.78, 5) is 15.9. The highest BCUT2D eigenvalue weighted by Crippen LogP contribution is 2.27. The zero-order chi connectivity index (χ0) is 16.2. The van der Waals surface area contributed by atoms with Gasteiger partial charge in [0.1, 0.15) is 5.75 Å². The Morgan fingerprint density at radius 2 is 1.83 bits per heavy atom. The Bertz CT molecular complexity index is 821. The molecule has 23 heavy (non-hydrogen) atoms. The fourth-order valence-electron chi connectivity index (χ4n) is 2.19. The number of carbonyl (C=O) groups excluding carboxylic acids is 1. The van der Waals surface area contributed by atoms with E-state index in [2.05, 4.69) is 4.98 Å². The number of ether oxygens (including phenoxy) is 2. The summed E-state index contributed by atoms with van der Waals surface area (Å²) in [5, 5.41) is 0. The highest BCUT2D eigenvalue weighted by molar-refractivity contribution is 5.90. The lowest BCUT2D eigenvalue weighted by Gasteiger charge is -2.01. The van der Waals surface area contributed by atoms with Gasteiger partial charge in [0.2, 0.25) is 5.89 Å². The van der Waals surface area contributed by atoms with Crippen LogP contribution in [-0.4, -0.2) is 25.2 Å². The summed E-state index contributed by atoms with van der Waals surface area (Å²) < 4.78 is 15.7. The second kappa shape index (κ2) is 6.36. The average Bonchev–Trinajstić information content (AvgIpc) is 3.11. The molecule has 0 radical (unpaired) electrons. The summed E-state index contributed by atoms with van der Waals surface area (Å²) >= 11 is 0. The second-order valence-electron chi connectivity index (χ2n) is 4.83. The molecule has 0 spiro atoms. The molecule has 0 aliphatic rings. The van der Waals surface area contributed by atoms with Gasteiger partial charge in [-0.2, -0.15) is 0 Å². The molecule has 3 rings (SSSR count). The van der Waals surface area contributed by atoms with E-state index in [0.717, 1.165) is 11.3 Å². The Labute approximate surface area is 133 Å². The third-order valence-corrected chi connectivity index (χ3v) is 3.41. The van der Waals surface area contributed by atoms with Crippen molar-refractivity contribution in [2.24, 2.45) is 0 Å². The van der Waals surface area contributed by atoms with Gasteiger partial charge < -0.3 is 13.9 Å². The van der Waals surface area contributed by atoms with Gasteiger partial charge in [0.05, 0.1) is 26.0 Å². The molecule has 0 saturated heterocycles. The molecule has 0 amide bonds. The first kappa shape index (κ1) is 14.8. The summed E-state index contributed by atoms with van der Waals surface area (Å²) in [6.07, 6.45) is 1.65. The van der Waals surface area contributed by atoms with Crippen LogP contribution in [0, 0.1) is 0 Å². The van der Waals surface area contributed by atoms with Gasteiger partial charge in [0.15, 0.2) is 5.76 Å². The molecule has 0 atom stereocenters. The Morgan fingerprint density at radius 1 is 1.04 bits per heavy atom. The predicted molar refractivity (Wildman–Crippen MR) is 85.3 cm³/mol. The van der Waals surface area contributed by atoms with Crippen LogP contribution >= 0.6 is 0 Å². The summed E-state index contributed by atoms with van der Waals surface area (Å²) in [5.41, 5.74) is 2.07. The molecule has 0 N–H and O–H groups in total. The normalized spacial score (nSPS) is 10.3. The van der Waals surface area contributed by atoms with Crippen LogP contribution in [0.1, 0.15) is 10.4 Å². The van der Waals surface area contributed by atoms with E-state index in [1.807, 2.05) is 30.3 Å². The highest BCUT2D eigenvalue weighted by atomic mass is 16.5. The van der Waals surface area contributed by atoms with E-state index in [1.54, 1.807) is 31.5 Å². The molecular formula is C18H15NO4. The number of hydrogen-bond acceptors (Lipinski definition) is 5. The van der Waals surface area contributed by atoms with E-state index in [4.69, 9.17) is 13.9 Å². The summed E-state index contributed by atoms with van der Waals surface area (Å²) in [5.74, 6) is 1.47. The minimum Gasteiger partial charge on any atom is -0.497 e. The fourth-order valence-corrected chi connectivity index (χ4v) is 2.19. The van der Waals surface area contributed by atoms with Gasteiger partial charge in [-0.15, -0.1) is 0 Å². The topological polar surface area (TPSA) is 61.6 Å². The quantitative estimate of drug-likeness (QED) is 0.686. The molecule has 0 unspecified atom stereocenters. The largest absolute Gasteiger partial charge is 0.497 e. The molecule has 116 valence electrons. The smallest absolute Gasteiger partial charge is 0.337 e. The Balaban J connectivity index is 1.90. The van der Waals surface area contributed by atoms with Crippen LogP contribution in [0.4, 0.5) is 0 Å². The van der Waals surface area contributed by atoms with Gasteiger partial charge in [-0.05, 0) is 42.5 Å². The molecule has 5 nitrogen and oxygen atoms in total. The molecule has 1 heterocycles. The summed E-state index contributed by atoms with van der Waals surface area (Å²) in [6.45, 7) is 0. The van der Waals surface area contributed by atoms with Crippen molar-refractivity contribution in [1.82, 2.24) is 4.98 Å². The lowest BCUT2D eigenvalue weighted by Crippen LogP contribution is -2.00. The standard InChI is InChI=1S/C18H15NO4/c1-21-15-8-6-12(7-9-15)16-11-19-17(23-16)13-4-3-5-14(10-13)18(20)22-2/h3-11H,1-2H3. The number of esters is 1. The first-order valence-corrected chi connectivity index (χ1v) is 7.00. The van der Waals surface area contributed by atoms with E-state index in [1.165, 1.54) is 7.11 Å². The Kier molecular flexibility index (Phi) is 4.10. The number of methoxy groups -OCH3 is 2. The lowest BCUT2D eigenvalue weighted by atomic mass is 10.1. The van der Waals surface area contributed by atoms with Gasteiger partial charge in [-0.3, -0.25) is 0 Å². The molecule has 3 aromatic rings. The Morgan fingerprint density at radius 3 is 2.52 bits per heavy atom. The summed E-state index contributed by atoms with van der Waals surface area (Å²) in [7, 11) is 2.97. The maximum absolute atomic E-state index is 11.6. The number of rotatable bonds is 4. The van der Waals surface area contributed by atoms with Crippen LogP contribution in [0.15, 0.2) is 59.1 Å². The molecule has 1 aromatic heterocycles. The van der Waals surface area contributed by atoms with Gasteiger partial charge in [0, 0.05) is 11.1 Å². The number of nitrogens with zero attached hydrogens (tertiary/aromatic N) is 1. The van der Waals surface area contributed by atoms with E-state index in [-0.39, 0.29) is 0 Å². The third kappa shape index (κ3) is 3.08. The van der Waals surface area contributed by atoms with Crippen molar-refractivity contribution in [3.8, 4) is 28.5 Å². The molecular weight excluding hydrogens is 294 g/mol. The number of carbonyl (C=O) groups is 1.